The second kappa shape index (κ2) is 7.22. The molecule has 0 bridgehead atoms. The second-order valence-electron chi connectivity index (χ2n) is 5.81. The smallest absolute Gasteiger partial charge is 0.239 e. The summed E-state index contributed by atoms with van der Waals surface area (Å²) in [6.45, 7) is 4.33. The van der Waals surface area contributed by atoms with Gasteiger partial charge in [0.1, 0.15) is 0 Å². The van der Waals surface area contributed by atoms with Crippen LogP contribution in [0.1, 0.15) is 49.7 Å². The highest BCUT2D eigenvalue weighted by Crippen LogP contribution is 2.26. The molecule has 1 N–H and O–H groups in total. The third-order valence-electron chi connectivity index (χ3n) is 4.23. The van der Waals surface area contributed by atoms with E-state index in [2.05, 4.69) is 15.5 Å². The number of aromatic nitrogens is 2. The Kier molecular flexibility index (Phi) is 5.58. The molecule has 21 heavy (non-hydrogen) atoms. The maximum absolute atomic E-state index is 12.5. The van der Waals surface area contributed by atoms with E-state index in [9.17, 15) is 4.79 Å². The highest BCUT2D eigenvalue weighted by Gasteiger charge is 2.32. The number of carbonyl (C=O) groups excluding carboxylic acids is 1. The van der Waals surface area contributed by atoms with Crippen molar-refractivity contribution in [3.63, 3.8) is 0 Å². The molecule has 0 saturated carbocycles. The van der Waals surface area contributed by atoms with E-state index in [4.69, 9.17) is 4.52 Å². The summed E-state index contributed by atoms with van der Waals surface area (Å²) in [5.41, 5.74) is 0. The number of halogens is 1. The summed E-state index contributed by atoms with van der Waals surface area (Å²) >= 11 is 0. The van der Waals surface area contributed by atoms with Gasteiger partial charge in [-0.2, -0.15) is 4.98 Å². The maximum Gasteiger partial charge on any atom is 0.239 e. The van der Waals surface area contributed by atoms with Gasteiger partial charge in [-0.05, 0) is 39.2 Å². The minimum Gasteiger partial charge on any atom is -0.341 e. The number of hydrogen-bond donors (Lipinski definition) is 1. The minimum absolute atomic E-state index is 0. The third kappa shape index (κ3) is 3.74. The first-order chi connectivity index (χ1) is 9.74. The van der Waals surface area contributed by atoms with Crippen molar-refractivity contribution < 1.29 is 9.32 Å². The molecule has 0 spiro atoms. The Hall–Kier alpha value is -1.14. The Morgan fingerprint density at radius 1 is 1.33 bits per heavy atom. The van der Waals surface area contributed by atoms with Gasteiger partial charge in [-0.1, -0.05) is 11.6 Å². The lowest BCUT2D eigenvalue weighted by Gasteiger charge is -2.35. The summed E-state index contributed by atoms with van der Waals surface area (Å²) in [6.07, 6.45) is 5.30. The number of amides is 1. The standard InChI is InChI=1S/C14H22N4O2.ClH/c1-10-16-13(20-17-10)11-5-4-8-18(9-11)14(19)12-6-2-3-7-15-12;/h11-12,15H,2-9H2,1H3;1H. The van der Waals surface area contributed by atoms with Crippen LogP contribution in [0.2, 0.25) is 0 Å². The Morgan fingerprint density at radius 3 is 2.86 bits per heavy atom. The molecule has 3 rings (SSSR count). The van der Waals surface area contributed by atoms with Crippen LogP contribution in [0.4, 0.5) is 0 Å². The number of hydrogen-bond acceptors (Lipinski definition) is 5. The van der Waals surface area contributed by atoms with E-state index in [1.807, 2.05) is 11.8 Å². The van der Waals surface area contributed by atoms with Gasteiger partial charge >= 0.3 is 0 Å². The average molecular weight is 315 g/mol. The van der Waals surface area contributed by atoms with Gasteiger partial charge in [-0.15, -0.1) is 12.4 Å². The van der Waals surface area contributed by atoms with Crippen LogP contribution in [0.5, 0.6) is 0 Å². The summed E-state index contributed by atoms with van der Waals surface area (Å²) < 4.78 is 5.26. The molecule has 0 radical (unpaired) electrons. The first kappa shape index (κ1) is 16.2. The monoisotopic (exact) mass is 314 g/mol. The number of carbonyl (C=O) groups is 1. The number of likely N-dealkylation sites (tertiary alicyclic amines) is 1. The molecule has 1 aromatic rings. The van der Waals surface area contributed by atoms with Gasteiger partial charge in [0.05, 0.1) is 12.0 Å². The van der Waals surface area contributed by atoms with E-state index in [0.29, 0.717) is 18.3 Å². The van der Waals surface area contributed by atoms with E-state index >= 15 is 0 Å². The first-order valence-corrected chi connectivity index (χ1v) is 7.56. The summed E-state index contributed by atoms with van der Waals surface area (Å²) in [4.78, 5) is 18.8. The molecular formula is C14H23ClN4O2. The Balaban J connectivity index is 0.00000161. The molecule has 3 heterocycles. The number of piperidine rings is 2. The van der Waals surface area contributed by atoms with Crippen molar-refractivity contribution in [1.82, 2.24) is 20.4 Å². The molecular weight excluding hydrogens is 292 g/mol. The molecule has 2 aliphatic rings. The van der Waals surface area contributed by atoms with Crippen LogP contribution in [-0.4, -0.2) is 46.6 Å². The van der Waals surface area contributed by atoms with Gasteiger partial charge in [-0.3, -0.25) is 4.79 Å². The molecule has 7 heteroatoms. The van der Waals surface area contributed by atoms with Gasteiger partial charge in [0.2, 0.25) is 11.8 Å². The van der Waals surface area contributed by atoms with Crippen LogP contribution in [0.3, 0.4) is 0 Å². The van der Waals surface area contributed by atoms with Crippen LogP contribution in [0, 0.1) is 6.92 Å². The van der Waals surface area contributed by atoms with Gasteiger partial charge in [0, 0.05) is 13.1 Å². The molecule has 2 aliphatic heterocycles. The van der Waals surface area contributed by atoms with E-state index < -0.39 is 0 Å². The van der Waals surface area contributed by atoms with Crippen LogP contribution in [0.25, 0.3) is 0 Å². The average Bonchev–Trinajstić information content (AvgIpc) is 2.94. The summed E-state index contributed by atoms with van der Waals surface area (Å²) in [7, 11) is 0. The maximum atomic E-state index is 12.5. The largest absolute Gasteiger partial charge is 0.341 e. The highest BCUT2D eigenvalue weighted by atomic mass is 35.5. The van der Waals surface area contributed by atoms with Crippen molar-refractivity contribution >= 4 is 18.3 Å². The number of rotatable bonds is 2. The van der Waals surface area contributed by atoms with E-state index in [1.54, 1.807) is 0 Å². The predicted octanol–water partition coefficient (Wildman–Crippen LogP) is 1.65. The quantitative estimate of drug-likeness (QED) is 0.898. The van der Waals surface area contributed by atoms with Crippen LogP contribution < -0.4 is 5.32 Å². The molecule has 118 valence electrons. The Morgan fingerprint density at radius 2 is 2.19 bits per heavy atom. The SMILES string of the molecule is Cc1noc(C2CCCN(C(=O)C3CCCCN3)C2)n1.Cl. The normalized spacial score (nSPS) is 26.2. The van der Waals surface area contributed by atoms with E-state index in [0.717, 1.165) is 38.8 Å². The van der Waals surface area contributed by atoms with Crippen molar-refractivity contribution in [2.24, 2.45) is 0 Å². The fraction of sp³-hybridized carbons (Fsp3) is 0.786. The molecule has 6 nitrogen and oxygen atoms in total. The van der Waals surface area contributed by atoms with Crippen LogP contribution in [-0.2, 0) is 4.79 Å². The van der Waals surface area contributed by atoms with Crippen LogP contribution in [0.15, 0.2) is 4.52 Å². The summed E-state index contributed by atoms with van der Waals surface area (Å²) in [5, 5.41) is 7.18. The fourth-order valence-electron chi connectivity index (χ4n) is 3.14. The van der Waals surface area contributed by atoms with Crippen molar-refractivity contribution in [1.29, 1.82) is 0 Å². The number of nitrogens with one attached hydrogen (secondary N) is 1. The topological polar surface area (TPSA) is 71.3 Å². The molecule has 2 saturated heterocycles. The number of nitrogens with zero attached hydrogens (tertiary/aromatic N) is 3. The lowest BCUT2D eigenvalue weighted by Crippen LogP contribution is -2.51. The van der Waals surface area contributed by atoms with Crippen molar-refractivity contribution in [2.45, 2.75) is 51.0 Å². The second-order valence-corrected chi connectivity index (χ2v) is 5.81. The zero-order valence-electron chi connectivity index (χ0n) is 12.4. The lowest BCUT2D eigenvalue weighted by atomic mass is 9.96. The number of aryl methyl sites for hydroxylation is 1. The fourth-order valence-corrected chi connectivity index (χ4v) is 3.14. The van der Waals surface area contributed by atoms with Gasteiger partial charge < -0.3 is 14.7 Å². The Labute approximate surface area is 131 Å². The Bertz CT molecular complexity index is 473. The highest BCUT2D eigenvalue weighted by molar-refractivity contribution is 5.85. The molecule has 2 atom stereocenters. The van der Waals surface area contributed by atoms with E-state index in [-0.39, 0.29) is 30.3 Å². The predicted molar refractivity (Wildman–Crippen MR) is 80.5 cm³/mol. The third-order valence-corrected chi connectivity index (χ3v) is 4.23. The van der Waals surface area contributed by atoms with Gasteiger partial charge in [0.15, 0.2) is 5.82 Å². The van der Waals surface area contributed by atoms with Crippen molar-refractivity contribution in [2.75, 3.05) is 19.6 Å². The van der Waals surface area contributed by atoms with Crippen LogP contribution >= 0.6 is 12.4 Å². The van der Waals surface area contributed by atoms with E-state index in [1.165, 1.54) is 6.42 Å². The summed E-state index contributed by atoms with van der Waals surface area (Å²) in [5.74, 6) is 1.78. The minimum atomic E-state index is 0. The molecule has 0 aromatic carbocycles. The van der Waals surface area contributed by atoms with Crippen molar-refractivity contribution in [3.8, 4) is 0 Å². The zero-order chi connectivity index (χ0) is 13.9. The lowest BCUT2D eigenvalue weighted by molar-refractivity contribution is -0.135. The molecule has 1 amide bonds. The molecule has 1 aromatic heterocycles. The molecule has 0 aliphatic carbocycles. The van der Waals surface area contributed by atoms with Crippen molar-refractivity contribution in [3.05, 3.63) is 11.7 Å². The summed E-state index contributed by atoms with van der Waals surface area (Å²) in [6, 6.07) is 0.00641. The molecule has 2 unspecified atom stereocenters. The van der Waals surface area contributed by atoms with Gasteiger partial charge in [0.25, 0.3) is 0 Å². The first-order valence-electron chi connectivity index (χ1n) is 7.56. The van der Waals surface area contributed by atoms with Gasteiger partial charge in [-0.25, -0.2) is 0 Å². The zero-order valence-corrected chi connectivity index (χ0v) is 13.2. The molecule has 2 fully saturated rings.